The highest BCUT2D eigenvalue weighted by molar-refractivity contribution is 7.99. The van der Waals surface area contributed by atoms with Crippen molar-refractivity contribution in [1.29, 1.82) is 0 Å². The van der Waals surface area contributed by atoms with Gasteiger partial charge in [0.2, 0.25) is 0 Å². The first-order chi connectivity index (χ1) is 17.9. The summed E-state index contributed by atoms with van der Waals surface area (Å²) in [6, 6.07) is 20.0. The molecule has 11 heteroatoms. The minimum atomic E-state index is -0.302. The molecule has 1 N–H and O–H groups in total. The first kappa shape index (κ1) is 27.0. The zero-order chi connectivity index (χ0) is 26.4. The fraction of sp³-hybridized carbons (Fsp3) is 0.154. The maximum absolute atomic E-state index is 12.6. The SMILES string of the molecule is CCOc1ccc(-n2c(SCC(=O)NN=C(C)c3ccc(Cl)cc3Cl)nnc2-c2ccc(Cl)cc2)cc1. The maximum Gasteiger partial charge on any atom is 0.250 e. The lowest BCUT2D eigenvalue weighted by atomic mass is 10.1. The number of nitrogens with one attached hydrogen (secondary N) is 1. The maximum atomic E-state index is 12.6. The van der Waals surface area contributed by atoms with Crippen LogP contribution in [-0.2, 0) is 4.79 Å². The summed E-state index contributed by atoms with van der Waals surface area (Å²) in [7, 11) is 0. The Kier molecular flexibility index (Phi) is 9.10. The van der Waals surface area contributed by atoms with Gasteiger partial charge < -0.3 is 4.74 Å². The Bertz CT molecular complexity index is 1420. The van der Waals surface area contributed by atoms with Crippen molar-refractivity contribution < 1.29 is 9.53 Å². The minimum Gasteiger partial charge on any atom is -0.494 e. The molecular weight excluding hydrogens is 553 g/mol. The Morgan fingerprint density at radius 3 is 2.38 bits per heavy atom. The van der Waals surface area contributed by atoms with Gasteiger partial charge in [-0.1, -0.05) is 52.6 Å². The monoisotopic (exact) mass is 573 g/mol. The topological polar surface area (TPSA) is 81.4 Å². The molecule has 190 valence electrons. The van der Waals surface area contributed by atoms with E-state index in [1.807, 2.05) is 47.9 Å². The number of ether oxygens (including phenoxy) is 1. The van der Waals surface area contributed by atoms with Crippen molar-refractivity contribution in [2.45, 2.75) is 19.0 Å². The van der Waals surface area contributed by atoms with Crippen LogP contribution in [0, 0.1) is 0 Å². The molecule has 0 radical (unpaired) electrons. The average Bonchev–Trinajstić information content (AvgIpc) is 3.31. The van der Waals surface area contributed by atoms with Crippen LogP contribution in [0.15, 0.2) is 77.0 Å². The van der Waals surface area contributed by atoms with Gasteiger partial charge in [-0.2, -0.15) is 5.10 Å². The highest BCUT2D eigenvalue weighted by Gasteiger charge is 2.18. The van der Waals surface area contributed by atoms with E-state index in [-0.39, 0.29) is 11.7 Å². The number of aromatic nitrogens is 3. The normalized spacial score (nSPS) is 11.4. The van der Waals surface area contributed by atoms with Crippen LogP contribution < -0.4 is 10.2 Å². The van der Waals surface area contributed by atoms with Crippen molar-refractivity contribution in [1.82, 2.24) is 20.2 Å². The Hall–Kier alpha value is -3.04. The number of hydrazone groups is 1. The second-order valence-electron chi connectivity index (χ2n) is 7.72. The van der Waals surface area contributed by atoms with Crippen LogP contribution in [0.4, 0.5) is 0 Å². The van der Waals surface area contributed by atoms with Crippen LogP contribution in [0.5, 0.6) is 5.75 Å². The fourth-order valence-corrected chi connectivity index (χ4v) is 4.81. The molecule has 7 nitrogen and oxygen atoms in total. The number of amides is 1. The summed E-state index contributed by atoms with van der Waals surface area (Å²) in [5.74, 6) is 1.15. The number of hydrogen-bond acceptors (Lipinski definition) is 6. The third-order valence-corrected chi connectivity index (χ3v) is 6.87. The molecule has 1 amide bonds. The van der Waals surface area contributed by atoms with Gasteiger partial charge in [0.05, 0.1) is 23.1 Å². The van der Waals surface area contributed by atoms with Crippen LogP contribution in [0.3, 0.4) is 0 Å². The van der Waals surface area contributed by atoms with Crippen molar-refractivity contribution in [3.8, 4) is 22.8 Å². The van der Waals surface area contributed by atoms with Crippen molar-refractivity contribution in [2.75, 3.05) is 12.4 Å². The molecule has 4 aromatic rings. The Labute approximate surface area is 233 Å². The van der Waals surface area contributed by atoms with E-state index in [0.717, 1.165) is 17.0 Å². The third-order valence-electron chi connectivity index (χ3n) is 5.14. The summed E-state index contributed by atoms with van der Waals surface area (Å²) in [5, 5.41) is 15.1. The van der Waals surface area contributed by atoms with Gasteiger partial charge >= 0.3 is 0 Å². The summed E-state index contributed by atoms with van der Waals surface area (Å²) < 4.78 is 7.45. The summed E-state index contributed by atoms with van der Waals surface area (Å²) in [5.41, 5.74) is 5.47. The van der Waals surface area contributed by atoms with Crippen molar-refractivity contribution >= 4 is 58.2 Å². The van der Waals surface area contributed by atoms with Gasteiger partial charge in [0.25, 0.3) is 5.91 Å². The second kappa shape index (κ2) is 12.5. The lowest BCUT2D eigenvalue weighted by Gasteiger charge is -2.11. The van der Waals surface area contributed by atoms with E-state index in [4.69, 9.17) is 39.5 Å². The van der Waals surface area contributed by atoms with E-state index in [0.29, 0.717) is 43.9 Å². The number of hydrogen-bond donors (Lipinski definition) is 1. The van der Waals surface area contributed by atoms with E-state index in [1.54, 1.807) is 37.3 Å². The van der Waals surface area contributed by atoms with E-state index >= 15 is 0 Å². The standard InChI is InChI=1S/C26H22Cl3N5O2S/c1-3-36-21-11-9-20(10-12-21)34-25(17-4-6-18(27)7-5-17)32-33-26(34)37-15-24(35)31-30-16(2)22-13-8-19(28)14-23(22)29/h4-14H,3,15H2,1-2H3,(H,31,35). The predicted molar refractivity (Wildman–Crippen MR) is 151 cm³/mol. The molecule has 0 atom stereocenters. The molecule has 0 saturated carbocycles. The number of carbonyl (C=O) groups is 1. The van der Waals surface area contributed by atoms with Crippen molar-refractivity contribution in [3.05, 3.63) is 87.4 Å². The van der Waals surface area contributed by atoms with Gasteiger partial charge in [0.1, 0.15) is 5.75 Å². The third kappa shape index (κ3) is 6.84. The summed E-state index contributed by atoms with van der Waals surface area (Å²) >= 11 is 19.5. The first-order valence-electron chi connectivity index (χ1n) is 11.2. The summed E-state index contributed by atoms with van der Waals surface area (Å²) in [4.78, 5) is 12.6. The van der Waals surface area contributed by atoms with Gasteiger partial charge in [-0.3, -0.25) is 9.36 Å². The first-order valence-corrected chi connectivity index (χ1v) is 13.3. The van der Waals surface area contributed by atoms with Crippen LogP contribution in [-0.4, -0.2) is 38.7 Å². The molecule has 0 aliphatic rings. The van der Waals surface area contributed by atoms with Crippen molar-refractivity contribution in [3.63, 3.8) is 0 Å². The zero-order valence-corrected chi connectivity index (χ0v) is 23.0. The lowest BCUT2D eigenvalue weighted by Crippen LogP contribution is -2.21. The van der Waals surface area contributed by atoms with E-state index in [1.165, 1.54) is 11.8 Å². The molecule has 0 saturated heterocycles. The molecule has 0 fully saturated rings. The zero-order valence-electron chi connectivity index (χ0n) is 19.9. The molecule has 1 heterocycles. The van der Waals surface area contributed by atoms with E-state index in [9.17, 15) is 4.79 Å². The van der Waals surface area contributed by atoms with Gasteiger partial charge in [-0.15, -0.1) is 10.2 Å². The molecule has 3 aromatic carbocycles. The number of rotatable bonds is 9. The van der Waals surface area contributed by atoms with Crippen LogP contribution >= 0.6 is 46.6 Å². The quantitative estimate of drug-likeness (QED) is 0.133. The van der Waals surface area contributed by atoms with Gasteiger partial charge in [0.15, 0.2) is 11.0 Å². The van der Waals surface area contributed by atoms with Gasteiger partial charge in [0, 0.05) is 26.9 Å². The Morgan fingerprint density at radius 2 is 1.70 bits per heavy atom. The molecule has 1 aromatic heterocycles. The summed E-state index contributed by atoms with van der Waals surface area (Å²) in [6.07, 6.45) is 0. The molecule has 0 spiro atoms. The highest BCUT2D eigenvalue weighted by Crippen LogP contribution is 2.29. The van der Waals surface area contributed by atoms with E-state index in [2.05, 4.69) is 20.7 Å². The molecule has 37 heavy (non-hydrogen) atoms. The molecule has 0 bridgehead atoms. The Morgan fingerprint density at radius 1 is 1.00 bits per heavy atom. The fourth-order valence-electron chi connectivity index (χ4n) is 3.39. The minimum absolute atomic E-state index is 0.0703. The smallest absolute Gasteiger partial charge is 0.250 e. The van der Waals surface area contributed by atoms with Gasteiger partial charge in [-0.05, 0) is 74.5 Å². The number of benzene rings is 3. The molecule has 0 unspecified atom stereocenters. The molecule has 0 aliphatic heterocycles. The number of halogens is 3. The van der Waals surface area contributed by atoms with Crippen LogP contribution in [0.2, 0.25) is 15.1 Å². The number of nitrogens with zero attached hydrogens (tertiary/aromatic N) is 4. The second-order valence-corrected chi connectivity index (χ2v) is 9.94. The molecule has 0 aliphatic carbocycles. The molecular formula is C26H22Cl3N5O2S. The average molecular weight is 575 g/mol. The Balaban J connectivity index is 1.54. The van der Waals surface area contributed by atoms with Crippen molar-refractivity contribution in [2.24, 2.45) is 5.10 Å². The van der Waals surface area contributed by atoms with Crippen LogP contribution in [0.25, 0.3) is 17.1 Å². The highest BCUT2D eigenvalue weighted by atomic mass is 35.5. The largest absolute Gasteiger partial charge is 0.494 e. The number of thioether (sulfide) groups is 1. The van der Waals surface area contributed by atoms with Gasteiger partial charge in [-0.25, -0.2) is 5.43 Å². The number of carbonyl (C=O) groups excluding carboxylic acids is 1. The molecule has 4 rings (SSSR count). The van der Waals surface area contributed by atoms with E-state index < -0.39 is 0 Å². The predicted octanol–water partition coefficient (Wildman–Crippen LogP) is 6.93. The lowest BCUT2D eigenvalue weighted by molar-refractivity contribution is -0.118. The van der Waals surface area contributed by atoms with Crippen LogP contribution in [0.1, 0.15) is 19.4 Å². The summed E-state index contributed by atoms with van der Waals surface area (Å²) in [6.45, 7) is 4.26.